The van der Waals surface area contributed by atoms with Gasteiger partial charge >= 0.3 is 0 Å². The minimum atomic E-state index is -0.885. The second-order valence-corrected chi connectivity index (χ2v) is 11.8. The van der Waals surface area contributed by atoms with Gasteiger partial charge in [0.1, 0.15) is 0 Å². The molecule has 0 heterocycles. The third kappa shape index (κ3) is 1.81. The van der Waals surface area contributed by atoms with Gasteiger partial charge in [0.2, 0.25) is 5.91 Å². The van der Waals surface area contributed by atoms with E-state index < -0.39 is 8.80 Å². The van der Waals surface area contributed by atoms with Crippen LogP contribution in [0.2, 0.25) is 18.6 Å². The van der Waals surface area contributed by atoms with Crippen LogP contribution in [0.1, 0.15) is 32.1 Å². The molecule has 3 fully saturated rings. The number of amides is 1. The molecule has 0 saturated heterocycles. The summed E-state index contributed by atoms with van der Waals surface area (Å²) in [5.41, 5.74) is 6.67. The molecule has 2 N–H and O–H groups in total. The standard InChI is InChI=1S/C19H29NOSi/c1-22(2)17-14-7-8-15(11-14)19(17,18(20)21)16-9-12-5-3-4-6-13(12)10-16/h3-6,12-17,22H,7-11H2,1-2H3,(H2,20,21). The number of primary amides is 1. The molecule has 0 radical (unpaired) electrons. The molecule has 4 rings (SSSR count). The van der Waals surface area contributed by atoms with E-state index in [1.165, 1.54) is 32.1 Å². The Balaban J connectivity index is 1.73. The minimum Gasteiger partial charge on any atom is -0.369 e. The molecule has 6 unspecified atom stereocenters. The third-order valence-corrected chi connectivity index (χ3v) is 10.1. The van der Waals surface area contributed by atoms with E-state index in [-0.39, 0.29) is 11.3 Å². The molecule has 0 aromatic carbocycles. The topological polar surface area (TPSA) is 43.1 Å². The van der Waals surface area contributed by atoms with Gasteiger partial charge in [-0.3, -0.25) is 4.79 Å². The van der Waals surface area contributed by atoms with Crippen molar-refractivity contribution in [3.63, 3.8) is 0 Å². The second kappa shape index (κ2) is 5.09. The van der Waals surface area contributed by atoms with Crippen molar-refractivity contribution < 1.29 is 4.79 Å². The molecule has 1 amide bonds. The SMILES string of the molecule is C[SiH](C)C1C2CCC(C2)C1(C(N)=O)C1CC2C=CC=CC2C1. The molecule has 0 aromatic heterocycles. The summed E-state index contributed by atoms with van der Waals surface area (Å²) in [5.74, 6) is 3.29. The van der Waals surface area contributed by atoms with Crippen LogP contribution in [0.4, 0.5) is 0 Å². The van der Waals surface area contributed by atoms with Gasteiger partial charge in [-0.1, -0.05) is 43.8 Å². The lowest BCUT2D eigenvalue weighted by Crippen LogP contribution is -2.52. The van der Waals surface area contributed by atoms with Crippen LogP contribution in [0.25, 0.3) is 0 Å². The van der Waals surface area contributed by atoms with Crippen LogP contribution in [0.3, 0.4) is 0 Å². The first-order valence-corrected chi connectivity index (χ1v) is 12.2. The predicted molar refractivity (Wildman–Crippen MR) is 93.1 cm³/mol. The van der Waals surface area contributed by atoms with Gasteiger partial charge < -0.3 is 5.73 Å². The number of rotatable bonds is 3. The maximum absolute atomic E-state index is 12.8. The van der Waals surface area contributed by atoms with Crippen molar-refractivity contribution in [2.24, 2.45) is 40.7 Å². The van der Waals surface area contributed by atoms with Crippen molar-refractivity contribution in [1.82, 2.24) is 0 Å². The Labute approximate surface area is 135 Å². The van der Waals surface area contributed by atoms with Crippen molar-refractivity contribution in [1.29, 1.82) is 0 Å². The Morgan fingerprint density at radius 2 is 1.68 bits per heavy atom. The summed E-state index contributed by atoms with van der Waals surface area (Å²) in [6.07, 6.45) is 15.4. The van der Waals surface area contributed by atoms with Crippen molar-refractivity contribution in [2.45, 2.75) is 50.7 Å². The first kappa shape index (κ1) is 14.7. The molecule has 3 heteroatoms. The highest BCUT2D eigenvalue weighted by molar-refractivity contribution is 6.58. The molecule has 22 heavy (non-hydrogen) atoms. The molecule has 120 valence electrons. The highest BCUT2D eigenvalue weighted by atomic mass is 28.3. The van der Waals surface area contributed by atoms with Crippen molar-refractivity contribution in [3.05, 3.63) is 24.3 Å². The lowest BCUT2D eigenvalue weighted by Gasteiger charge is -2.47. The quantitative estimate of drug-likeness (QED) is 0.796. The first-order valence-electron chi connectivity index (χ1n) is 9.20. The molecule has 3 saturated carbocycles. The van der Waals surface area contributed by atoms with Gasteiger partial charge in [0.25, 0.3) is 0 Å². The van der Waals surface area contributed by atoms with Crippen LogP contribution in [-0.2, 0) is 4.79 Å². The minimum absolute atomic E-state index is 0.0579. The molecule has 2 bridgehead atoms. The molecular weight excluding hydrogens is 286 g/mol. The van der Waals surface area contributed by atoms with Crippen molar-refractivity contribution in [3.8, 4) is 0 Å². The molecule has 4 aliphatic rings. The Hall–Kier alpha value is -0.833. The van der Waals surface area contributed by atoms with Gasteiger partial charge in [0.15, 0.2) is 0 Å². The second-order valence-electron chi connectivity index (χ2n) is 8.60. The fourth-order valence-electron chi connectivity index (χ4n) is 7.06. The lowest BCUT2D eigenvalue weighted by molar-refractivity contribution is -0.135. The molecule has 4 aliphatic carbocycles. The summed E-state index contributed by atoms with van der Waals surface area (Å²) in [6, 6.07) is 0. The Kier molecular flexibility index (Phi) is 3.41. The first-order chi connectivity index (χ1) is 10.5. The number of nitrogens with two attached hydrogens (primary N) is 1. The van der Waals surface area contributed by atoms with Crippen molar-refractivity contribution >= 4 is 14.7 Å². The molecule has 0 aromatic rings. The van der Waals surface area contributed by atoms with Gasteiger partial charge in [-0.2, -0.15) is 0 Å². The number of carbonyl (C=O) groups excluding carboxylic acids is 1. The summed E-state index contributed by atoms with van der Waals surface area (Å²) < 4.78 is 0. The molecule has 6 atom stereocenters. The van der Waals surface area contributed by atoms with Crippen molar-refractivity contribution in [2.75, 3.05) is 0 Å². The Bertz CT molecular complexity index is 520. The average molecular weight is 316 g/mol. The summed E-state index contributed by atoms with van der Waals surface area (Å²) >= 11 is 0. The summed E-state index contributed by atoms with van der Waals surface area (Å²) in [7, 11) is -0.885. The van der Waals surface area contributed by atoms with E-state index in [1.807, 2.05) is 0 Å². The molecule has 0 spiro atoms. The van der Waals surface area contributed by atoms with Gasteiger partial charge in [0, 0.05) is 8.80 Å². The van der Waals surface area contributed by atoms with Crippen LogP contribution in [-0.4, -0.2) is 14.7 Å². The van der Waals surface area contributed by atoms with Crippen LogP contribution >= 0.6 is 0 Å². The number of carbonyl (C=O) groups is 1. The van der Waals surface area contributed by atoms with Crippen LogP contribution in [0.15, 0.2) is 24.3 Å². The van der Waals surface area contributed by atoms with Gasteiger partial charge in [-0.25, -0.2) is 0 Å². The van der Waals surface area contributed by atoms with E-state index in [0.717, 1.165) is 5.92 Å². The monoisotopic (exact) mass is 315 g/mol. The fraction of sp³-hybridized carbons (Fsp3) is 0.737. The van der Waals surface area contributed by atoms with E-state index in [4.69, 9.17) is 5.73 Å². The van der Waals surface area contributed by atoms with Gasteiger partial charge in [-0.05, 0) is 60.8 Å². The molecule has 2 nitrogen and oxygen atoms in total. The summed E-state index contributed by atoms with van der Waals surface area (Å²) in [5, 5.41) is 0. The van der Waals surface area contributed by atoms with Crippen LogP contribution < -0.4 is 5.73 Å². The molecule has 0 aliphatic heterocycles. The van der Waals surface area contributed by atoms with E-state index in [9.17, 15) is 4.79 Å². The predicted octanol–water partition coefficient (Wildman–Crippen LogP) is 3.51. The van der Waals surface area contributed by atoms with E-state index in [0.29, 0.717) is 29.2 Å². The number of hydrogen-bond acceptors (Lipinski definition) is 1. The fourth-order valence-corrected chi connectivity index (χ4v) is 10.3. The zero-order valence-corrected chi connectivity index (χ0v) is 15.0. The third-order valence-electron chi connectivity index (χ3n) is 7.52. The summed E-state index contributed by atoms with van der Waals surface area (Å²) in [6.45, 7) is 4.90. The average Bonchev–Trinajstić information content (AvgIpc) is 3.18. The zero-order chi connectivity index (χ0) is 15.5. The number of hydrogen-bond donors (Lipinski definition) is 1. The summed E-state index contributed by atoms with van der Waals surface area (Å²) in [4.78, 5) is 12.8. The van der Waals surface area contributed by atoms with E-state index >= 15 is 0 Å². The maximum atomic E-state index is 12.8. The normalized spacial score (nSPS) is 49.0. The zero-order valence-electron chi connectivity index (χ0n) is 13.9. The van der Waals surface area contributed by atoms with Crippen LogP contribution in [0, 0.1) is 35.0 Å². The molecular formula is C19H29NOSi. The Morgan fingerprint density at radius 1 is 1.05 bits per heavy atom. The smallest absolute Gasteiger partial charge is 0.224 e. The van der Waals surface area contributed by atoms with Gasteiger partial charge in [-0.15, -0.1) is 0 Å². The lowest BCUT2D eigenvalue weighted by atomic mass is 9.63. The van der Waals surface area contributed by atoms with E-state index in [1.54, 1.807) is 0 Å². The van der Waals surface area contributed by atoms with Gasteiger partial charge in [0.05, 0.1) is 5.41 Å². The highest BCUT2D eigenvalue weighted by Gasteiger charge is 2.66. The Morgan fingerprint density at radius 3 is 2.23 bits per heavy atom. The number of fused-ring (bicyclic) bond motifs is 3. The van der Waals surface area contributed by atoms with E-state index in [2.05, 4.69) is 37.4 Å². The largest absolute Gasteiger partial charge is 0.369 e. The maximum Gasteiger partial charge on any atom is 0.224 e. The van der Waals surface area contributed by atoms with Crippen LogP contribution in [0.5, 0.6) is 0 Å². The highest BCUT2D eigenvalue weighted by Crippen LogP contribution is 2.69. The number of allylic oxidation sites excluding steroid dienone is 4.